The lowest BCUT2D eigenvalue weighted by molar-refractivity contribution is -0.126. The van der Waals surface area contributed by atoms with Crippen molar-refractivity contribution < 1.29 is 14.0 Å². The van der Waals surface area contributed by atoms with E-state index in [1.165, 1.54) is 30.6 Å². The minimum absolute atomic E-state index is 0.00821. The first-order valence-corrected chi connectivity index (χ1v) is 8.15. The molecule has 0 saturated heterocycles. The van der Waals surface area contributed by atoms with Crippen LogP contribution in [0.25, 0.3) is 11.5 Å². The summed E-state index contributed by atoms with van der Waals surface area (Å²) in [6.07, 6.45) is 4.59. The van der Waals surface area contributed by atoms with Gasteiger partial charge in [0.25, 0.3) is 0 Å². The van der Waals surface area contributed by atoms with Crippen molar-refractivity contribution in [3.8, 4) is 11.5 Å². The molecule has 3 N–H and O–H groups in total. The number of H-pyrrole nitrogens is 1. The lowest BCUT2D eigenvalue weighted by Crippen LogP contribution is -2.35. The van der Waals surface area contributed by atoms with Crippen molar-refractivity contribution in [1.82, 2.24) is 30.5 Å². The number of hydrogen-bond donors (Lipinski definition) is 3. The highest BCUT2D eigenvalue weighted by Gasteiger charge is 2.30. The molecule has 0 radical (unpaired) electrons. The second-order valence-electron chi connectivity index (χ2n) is 5.95. The van der Waals surface area contributed by atoms with Crippen LogP contribution in [-0.4, -0.2) is 37.0 Å². The molecule has 1 atom stereocenters. The molecule has 1 aromatic carbocycles. The molecule has 9 nitrogen and oxygen atoms in total. The SMILES string of the molecule is O=C1CC(C(=O)NCc2nc(-c3cnccn3)n[nH]2)c2ccc(F)cc2N1. The van der Waals surface area contributed by atoms with E-state index in [0.29, 0.717) is 28.6 Å². The molecule has 136 valence electrons. The highest BCUT2D eigenvalue weighted by atomic mass is 19.1. The summed E-state index contributed by atoms with van der Waals surface area (Å²) in [4.78, 5) is 36.7. The van der Waals surface area contributed by atoms with E-state index in [2.05, 4.69) is 35.8 Å². The van der Waals surface area contributed by atoms with Crippen molar-refractivity contribution in [3.05, 3.63) is 54.0 Å². The summed E-state index contributed by atoms with van der Waals surface area (Å²) < 4.78 is 13.4. The summed E-state index contributed by atoms with van der Waals surface area (Å²) >= 11 is 0. The molecule has 2 aromatic heterocycles. The largest absolute Gasteiger partial charge is 0.348 e. The van der Waals surface area contributed by atoms with E-state index in [0.717, 1.165) is 0 Å². The Labute approximate surface area is 152 Å². The minimum Gasteiger partial charge on any atom is -0.348 e. The molecule has 0 aliphatic carbocycles. The number of halogens is 1. The van der Waals surface area contributed by atoms with Gasteiger partial charge in [-0.2, -0.15) is 5.10 Å². The molecule has 2 amide bonds. The van der Waals surface area contributed by atoms with Crippen molar-refractivity contribution in [2.24, 2.45) is 0 Å². The first-order valence-electron chi connectivity index (χ1n) is 8.15. The van der Waals surface area contributed by atoms with Crippen LogP contribution in [0, 0.1) is 5.82 Å². The number of nitrogens with one attached hydrogen (secondary N) is 3. The molecule has 0 saturated carbocycles. The van der Waals surface area contributed by atoms with Gasteiger partial charge in [0.05, 0.1) is 18.7 Å². The van der Waals surface area contributed by atoms with Crippen LogP contribution in [0.1, 0.15) is 23.7 Å². The number of rotatable bonds is 4. The van der Waals surface area contributed by atoms with Gasteiger partial charge in [0, 0.05) is 24.5 Å². The van der Waals surface area contributed by atoms with E-state index in [1.807, 2.05) is 0 Å². The fraction of sp³-hybridized carbons (Fsp3) is 0.176. The molecule has 0 bridgehead atoms. The smallest absolute Gasteiger partial charge is 0.228 e. The average Bonchev–Trinajstić information content (AvgIpc) is 3.15. The molecule has 3 aromatic rings. The van der Waals surface area contributed by atoms with E-state index in [4.69, 9.17) is 0 Å². The zero-order chi connectivity index (χ0) is 18.8. The summed E-state index contributed by atoms with van der Waals surface area (Å²) in [6.45, 7) is 0.0980. The van der Waals surface area contributed by atoms with Gasteiger partial charge in [0.15, 0.2) is 0 Å². The van der Waals surface area contributed by atoms with E-state index >= 15 is 0 Å². The molecule has 4 rings (SSSR count). The number of fused-ring (bicyclic) bond motifs is 1. The number of anilines is 1. The van der Waals surface area contributed by atoms with Crippen molar-refractivity contribution in [3.63, 3.8) is 0 Å². The highest BCUT2D eigenvalue weighted by molar-refractivity contribution is 6.01. The zero-order valence-electron chi connectivity index (χ0n) is 13.9. The maximum Gasteiger partial charge on any atom is 0.228 e. The van der Waals surface area contributed by atoms with Crippen molar-refractivity contribution in [1.29, 1.82) is 0 Å². The second kappa shape index (κ2) is 6.90. The lowest BCUT2D eigenvalue weighted by Gasteiger charge is -2.24. The first-order chi connectivity index (χ1) is 13.1. The molecule has 3 heterocycles. The second-order valence-corrected chi connectivity index (χ2v) is 5.95. The maximum absolute atomic E-state index is 13.4. The molecular weight excluding hydrogens is 353 g/mol. The Morgan fingerprint density at radius 1 is 1.33 bits per heavy atom. The first kappa shape index (κ1) is 16.8. The van der Waals surface area contributed by atoms with Gasteiger partial charge >= 0.3 is 0 Å². The van der Waals surface area contributed by atoms with Crippen LogP contribution in [0.15, 0.2) is 36.8 Å². The van der Waals surface area contributed by atoms with Crippen LogP contribution in [0.5, 0.6) is 0 Å². The molecule has 0 fully saturated rings. The van der Waals surface area contributed by atoms with Crippen LogP contribution >= 0.6 is 0 Å². The van der Waals surface area contributed by atoms with E-state index in [9.17, 15) is 14.0 Å². The van der Waals surface area contributed by atoms with Crippen molar-refractivity contribution in [2.45, 2.75) is 18.9 Å². The summed E-state index contributed by atoms with van der Waals surface area (Å²) in [7, 11) is 0. The summed E-state index contributed by atoms with van der Waals surface area (Å²) in [5.41, 5.74) is 1.40. The molecular formula is C17H14FN7O2. The number of aromatic nitrogens is 5. The van der Waals surface area contributed by atoms with E-state index in [-0.39, 0.29) is 24.8 Å². The number of nitrogens with zero attached hydrogens (tertiary/aromatic N) is 4. The van der Waals surface area contributed by atoms with Gasteiger partial charge in [-0.25, -0.2) is 14.4 Å². The Morgan fingerprint density at radius 2 is 2.22 bits per heavy atom. The highest BCUT2D eigenvalue weighted by Crippen LogP contribution is 2.32. The summed E-state index contributed by atoms with van der Waals surface area (Å²) in [5, 5.41) is 12.1. The number of benzene rings is 1. The molecule has 1 unspecified atom stereocenters. The Hall–Kier alpha value is -3.69. The van der Waals surface area contributed by atoms with Gasteiger partial charge < -0.3 is 10.6 Å². The van der Waals surface area contributed by atoms with Crippen LogP contribution < -0.4 is 10.6 Å². The standard InChI is InChI=1S/C17H14FN7O2/c18-9-1-2-10-11(6-15(26)22-12(10)5-9)17(27)21-8-14-23-16(25-24-14)13-7-19-3-4-20-13/h1-5,7,11H,6,8H2,(H,21,27)(H,22,26)(H,23,24,25). The monoisotopic (exact) mass is 367 g/mol. The van der Waals surface area contributed by atoms with Gasteiger partial charge in [0.1, 0.15) is 17.3 Å². The van der Waals surface area contributed by atoms with Crippen molar-refractivity contribution >= 4 is 17.5 Å². The van der Waals surface area contributed by atoms with Gasteiger partial charge in [0.2, 0.25) is 17.6 Å². The number of carbonyl (C=O) groups excluding carboxylic acids is 2. The van der Waals surface area contributed by atoms with Gasteiger partial charge in [-0.15, -0.1) is 0 Å². The predicted octanol–water partition coefficient (Wildman–Crippen LogP) is 1.14. The number of amides is 2. The fourth-order valence-corrected chi connectivity index (χ4v) is 2.87. The van der Waals surface area contributed by atoms with Crippen LogP contribution in [0.2, 0.25) is 0 Å². The molecule has 27 heavy (non-hydrogen) atoms. The third kappa shape index (κ3) is 3.50. The Kier molecular flexibility index (Phi) is 4.29. The normalized spacial score (nSPS) is 15.7. The van der Waals surface area contributed by atoms with Crippen molar-refractivity contribution in [2.75, 3.05) is 5.32 Å². The van der Waals surface area contributed by atoms with E-state index < -0.39 is 11.7 Å². The number of aromatic amines is 1. The molecule has 10 heteroatoms. The van der Waals surface area contributed by atoms with E-state index in [1.54, 1.807) is 6.20 Å². The van der Waals surface area contributed by atoms with Gasteiger partial charge in [-0.3, -0.25) is 19.7 Å². The summed E-state index contributed by atoms with van der Waals surface area (Å²) in [5.74, 6) is -1.06. The molecule has 0 spiro atoms. The fourth-order valence-electron chi connectivity index (χ4n) is 2.87. The maximum atomic E-state index is 13.4. The van der Waals surface area contributed by atoms with Crippen LogP contribution in [-0.2, 0) is 16.1 Å². The average molecular weight is 367 g/mol. The Bertz CT molecular complexity index is 1010. The third-order valence-electron chi connectivity index (χ3n) is 4.12. The predicted molar refractivity (Wildman–Crippen MR) is 91.6 cm³/mol. The third-order valence-corrected chi connectivity index (χ3v) is 4.12. The van der Waals surface area contributed by atoms with Crippen LogP contribution in [0.3, 0.4) is 0 Å². The topological polar surface area (TPSA) is 126 Å². The Morgan fingerprint density at radius 3 is 3.04 bits per heavy atom. The number of carbonyl (C=O) groups is 2. The van der Waals surface area contributed by atoms with Gasteiger partial charge in [-0.1, -0.05) is 6.07 Å². The quantitative estimate of drug-likeness (QED) is 0.635. The number of hydrogen-bond acceptors (Lipinski definition) is 6. The molecule has 1 aliphatic heterocycles. The molecule has 1 aliphatic rings. The van der Waals surface area contributed by atoms with Gasteiger partial charge in [-0.05, 0) is 17.7 Å². The minimum atomic E-state index is -0.697. The Balaban J connectivity index is 1.46. The lowest BCUT2D eigenvalue weighted by atomic mass is 9.89. The zero-order valence-corrected chi connectivity index (χ0v) is 13.9. The summed E-state index contributed by atoms with van der Waals surface area (Å²) in [6, 6.07) is 3.98. The van der Waals surface area contributed by atoms with Crippen LogP contribution in [0.4, 0.5) is 10.1 Å².